The third kappa shape index (κ3) is 12.3. The van der Waals surface area contributed by atoms with E-state index >= 15 is 0 Å². The first kappa shape index (κ1) is 57.4. The van der Waals surface area contributed by atoms with E-state index in [0.717, 1.165) is 114 Å². The molecule has 1 amide bonds. The summed E-state index contributed by atoms with van der Waals surface area (Å²) in [7, 11) is 3.25. The van der Waals surface area contributed by atoms with E-state index in [4.69, 9.17) is 33.7 Å². The van der Waals surface area contributed by atoms with Crippen molar-refractivity contribution in [1.29, 1.82) is 0 Å². The van der Waals surface area contributed by atoms with Gasteiger partial charge in [-0.05, 0) is 112 Å². The smallest absolute Gasteiger partial charge is 0.220 e. The Kier molecular flexibility index (Phi) is 18.2. The molecule has 4 N–H and O–H groups in total. The number of rotatable bonds is 26. The lowest BCUT2D eigenvalue weighted by Gasteiger charge is -2.17. The fraction of sp³-hybridized carbons (Fsp3) is 0.438. The topological polar surface area (TPSA) is 218 Å². The van der Waals surface area contributed by atoms with Crippen molar-refractivity contribution in [2.24, 2.45) is 0 Å². The Balaban J connectivity index is 0.836. The lowest BCUT2D eigenvalue weighted by molar-refractivity contribution is -0.121. The third-order valence-corrected chi connectivity index (χ3v) is 16.2. The van der Waals surface area contributed by atoms with E-state index in [1.54, 1.807) is 18.9 Å². The molecule has 0 spiro atoms. The van der Waals surface area contributed by atoms with Crippen molar-refractivity contribution >= 4 is 67.3 Å². The van der Waals surface area contributed by atoms with Gasteiger partial charge in [-0.1, -0.05) is 57.4 Å². The molecular weight excluding hydrogens is 1030 g/mol. The maximum absolute atomic E-state index is 14.0. The molecule has 3 atom stereocenters. The van der Waals surface area contributed by atoms with Crippen molar-refractivity contribution in [2.75, 3.05) is 59.1 Å². The average molecular weight is 1110 g/mol. The second-order valence-electron chi connectivity index (χ2n) is 21.7. The maximum atomic E-state index is 14.0. The zero-order valence-electron chi connectivity index (χ0n) is 48.9. The van der Waals surface area contributed by atoms with E-state index in [1.165, 1.54) is 24.7 Å². The summed E-state index contributed by atoms with van der Waals surface area (Å²) in [5.41, 5.74) is 17.4. The van der Waals surface area contributed by atoms with Crippen LogP contribution in [0.15, 0.2) is 67.1 Å². The number of amides is 1. The van der Waals surface area contributed by atoms with Crippen LogP contribution in [-0.4, -0.2) is 110 Å². The molecule has 2 unspecified atom stereocenters. The Morgan fingerprint density at radius 3 is 2.39 bits per heavy atom. The van der Waals surface area contributed by atoms with Gasteiger partial charge in [0.15, 0.2) is 17.3 Å². The van der Waals surface area contributed by atoms with Gasteiger partial charge in [0.25, 0.3) is 0 Å². The predicted molar refractivity (Wildman–Crippen MR) is 321 cm³/mol. The molecule has 430 valence electrons. The first-order valence-corrected chi connectivity index (χ1v) is 29.1. The van der Waals surface area contributed by atoms with Gasteiger partial charge >= 0.3 is 0 Å². The van der Waals surface area contributed by atoms with Gasteiger partial charge in [-0.25, -0.2) is 15.0 Å². The van der Waals surface area contributed by atoms with E-state index in [1.807, 2.05) is 49.5 Å². The summed E-state index contributed by atoms with van der Waals surface area (Å²) in [5.74, 6) is 1.62. The molecule has 5 aromatic heterocycles. The number of nitrogens with one attached hydrogen (secondary N) is 4. The molecule has 18 heteroatoms. The minimum atomic E-state index is -0.152. The number of H-pyrrole nitrogens is 2. The molecular formula is C64H77N11O7. The first-order valence-electron chi connectivity index (χ1n) is 29.1. The highest BCUT2D eigenvalue weighted by Crippen LogP contribution is 2.45. The molecule has 2 aromatic carbocycles. The molecule has 0 radical (unpaired) electrons. The van der Waals surface area contributed by atoms with Crippen LogP contribution in [0.3, 0.4) is 0 Å². The summed E-state index contributed by atoms with van der Waals surface area (Å²) < 4.78 is 30.8. The van der Waals surface area contributed by atoms with Crippen LogP contribution >= 0.6 is 0 Å². The summed E-state index contributed by atoms with van der Waals surface area (Å²) in [6.07, 6.45) is 10.4. The third-order valence-electron chi connectivity index (χ3n) is 16.2. The van der Waals surface area contributed by atoms with Crippen molar-refractivity contribution in [1.82, 2.24) is 50.2 Å². The normalized spacial score (nSPS) is 15.2. The molecule has 10 rings (SSSR count). The Morgan fingerprint density at radius 1 is 0.829 bits per heavy atom. The number of fused-ring (bicyclic) bond motifs is 9. The van der Waals surface area contributed by atoms with Crippen LogP contribution in [0.25, 0.3) is 55.4 Å². The highest BCUT2D eigenvalue weighted by atomic mass is 16.5. The Hall–Kier alpha value is -7.80. The zero-order chi connectivity index (χ0) is 57.4. The van der Waals surface area contributed by atoms with Crippen LogP contribution in [0.4, 0.5) is 11.5 Å². The fourth-order valence-electron chi connectivity index (χ4n) is 11.7. The molecule has 7 aromatic rings. The number of hydrogen-bond donors (Lipinski definition) is 4. The number of benzene rings is 2. The molecule has 82 heavy (non-hydrogen) atoms. The minimum Gasteiger partial charge on any atom is -0.487 e. The summed E-state index contributed by atoms with van der Waals surface area (Å²) in [5, 5.41) is 16.3. The van der Waals surface area contributed by atoms with E-state index in [-0.39, 0.29) is 36.1 Å². The molecule has 1 aliphatic carbocycles. The molecule has 18 nitrogen and oxygen atoms in total. The van der Waals surface area contributed by atoms with Gasteiger partial charge in [0.1, 0.15) is 31.1 Å². The van der Waals surface area contributed by atoms with E-state index in [2.05, 4.69) is 101 Å². The quantitative estimate of drug-likeness (QED) is 0.0371. The highest BCUT2D eigenvalue weighted by Gasteiger charge is 2.36. The first-order chi connectivity index (χ1) is 39.9. The standard InChI is InChI=1S/C64H77N11O7/c1-10-12-13-14-23-80-41(7)60-39(5)50-31-49-38(4)45(62(71-49)47-29-56(76)61-40(6)51(72-63(47)61)32-53-44(11-2)37(3)48(69-53)33-54(60)70-50)19-20-59(77)65-21-16-22-75-35-55(73-74-75)42-17-15-18-43(28-42)68-64-46-30-57(81-26-24-78-8)58(82-27-25-79-9)34-52(46)66-36-67-64/h15,17-18,28,30-36,38,41,45,70,72H,10-14,16,19-27,29H2,1-9H3,(H,65,77)(H,66,67,68)/t38?,41?,45-/m0/s1. The SMILES string of the molecule is CCCCCCOC(C)c1c(C)c2cc3nc(c4c5[nH]c(cc6nc(cc1[nH]2)C(C)=C6CC)c(C)c5C(=O)C4)[C@@H](CCC(=O)NCCCn1cc(-c2cccc(Nc4ncnc5cc(OCCOC)c(OCCOC)cc45)c2)nn1)C3C. The van der Waals surface area contributed by atoms with Crippen LogP contribution < -0.4 is 20.1 Å². The van der Waals surface area contributed by atoms with Crippen molar-refractivity contribution in [2.45, 2.75) is 131 Å². The number of nitrogens with zero attached hydrogens (tertiary/aromatic N) is 7. The number of anilines is 2. The largest absolute Gasteiger partial charge is 0.487 e. The second kappa shape index (κ2) is 26.0. The molecule has 3 aliphatic rings. The Labute approximate surface area is 479 Å². The Bertz CT molecular complexity index is 3690. The fourth-order valence-corrected chi connectivity index (χ4v) is 11.7. The van der Waals surface area contributed by atoms with Crippen LogP contribution in [0.5, 0.6) is 11.5 Å². The molecule has 2 aliphatic heterocycles. The lowest BCUT2D eigenvalue weighted by Crippen LogP contribution is -2.25. The van der Waals surface area contributed by atoms with E-state index in [9.17, 15) is 9.59 Å². The highest BCUT2D eigenvalue weighted by molar-refractivity contribution is 6.13. The predicted octanol–water partition coefficient (Wildman–Crippen LogP) is 12.5. The van der Waals surface area contributed by atoms with Crippen LogP contribution in [0.2, 0.25) is 0 Å². The number of carbonyl (C=O) groups is 2. The van der Waals surface area contributed by atoms with Gasteiger partial charge < -0.3 is 44.3 Å². The number of aryl methyl sites for hydroxylation is 3. The number of aromatic amines is 2. The molecule has 7 heterocycles. The summed E-state index contributed by atoms with van der Waals surface area (Å²) in [6.45, 7) is 18.3. The van der Waals surface area contributed by atoms with Gasteiger partial charge in [0.05, 0.1) is 53.6 Å². The zero-order valence-corrected chi connectivity index (χ0v) is 48.9. The van der Waals surface area contributed by atoms with Gasteiger partial charge in [-0.2, -0.15) is 0 Å². The van der Waals surface area contributed by atoms with Crippen molar-refractivity contribution in [3.05, 3.63) is 118 Å². The lowest BCUT2D eigenvalue weighted by atomic mass is 9.85. The van der Waals surface area contributed by atoms with Gasteiger partial charge in [-0.15, -0.1) is 5.10 Å². The summed E-state index contributed by atoms with van der Waals surface area (Å²) >= 11 is 0. The molecule has 8 bridgehead atoms. The number of ketones is 1. The van der Waals surface area contributed by atoms with Gasteiger partial charge in [0.2, 0.25) is 5.91 Å². The number of methoxy groups -OCH3 is 2. The number of aromatic nitrogens is 9. The van der Waals surface area contributed by atoms with Crippen molar-refractivity contribution in [3.63, 3.8) is 0 Å². The Morgan fingerprint density at radius 2 is 1.61 bits per heavy atom. The second-order valence-corrected chi connectivity index (χ2v) is 21.7. The number of hydrogen-bond acceptors (Lipinski definition) is 14. The molecule has 0 saturated heterocycles. The van der Waals surface area contributed by atoms with Crippen LogP contribution in [0, 0.1) is 13.8 Å². The van der Waals surface area contributed by atoms with E-state index in [0.29, 0.717) is 93.9 Å². The maximum Gasteiger partial charge on any atom is 0.220 e. The molecule has 0 saturated carbocycles. The van der Waals surface area contributed by atoms with Crippen molar-refractivity contribution < 1.29 is 33.3 Å². The van der Waals surface area contributed by atoms with Gasteiger partial charge in [0, 0.05) is 120 Å². The molecule has 0 fully saturated rings. The average Bonchev–Trinajstić information content (AvgIpc) is 4.19. The number of carbonyl (C=O) groups excluding carboxylic acids is 2. The number of unbranched alkanes of at least 4 members (excludes halogenated alkanes) is 3. The van der Waals surface area contributed by atoms with Crippen LogP contribution in [0.1, 0.15) is 159 Å². The van der Waals surface area contributed by atoms with E-state index < -0.39 is 0 Å². The summed E-state index contributed by atoms with van der Waals surface area (Å²) in [4.78, 5) is 55.0. The van der Waals surface area contributed by atoms with Gasteiger partial charge in [-0.3, -0.25) is 19.3 Å². The minimum absolute atomic E-state index is 0.0309. The number of Topliss-reactive ketones (excluding diaryl/α,β-unsaturated/α-hetero) is 1. The number of allylic oxidation sites excluding steroid dienone is 2. The number of ether oxygens (including phenoxy) is 5. The van der Waals surface area contributed by atoms with Crippen molar-refractivity contribution in [3.8, 4) is 22.8 Å². The van der Waals surface area contributed by atoms with Crippen LogP contribution in [-0.2, 0) is 32.0 Å². The summed E-state index contributed by atoms with van der Waals surface area (Å²) in [6, 6.07) is 18.1. The monoisotopic (exact) mass is 1110 g/mol.